The number of rotatable bonds is 5. The van der Waals surface area contributed by atoms with Gasteiger partial charge in [-0.3, -0.25) is 9.88 Å². The van der Waals surface area contributed by atoms with Crippen LogP contribution in [0, 0.1) is 0 Å². The van der Waals surface area contributed by atoms with Crippen molar-refractivity contribution in [2.24, 2.45) is 5.73 Å². The number of nitrogens with two attached hydrogens (primary N) is 1. The second kappa shape index (κ2) is 12.3. The van der Waals surface area contributed by atoms with Gasteiger partial charge in [-0.1, -0.05) is 24.3 Å². The van der Waals surface area contributed by atoms with Gasteiger partial charge in [0.1, 0.15) is 0 Å². The second-order valence-corrected chi connectivity index (χ2v) is 5.80. The van der Waals surface area contributed by atoms with E-state index in [1.165, 1.54) is 16.8 Å². The predicted octanol–water partition coefficient (Wildman–Crippen LogP) is 3.17. The molecule has 1 fully saturated rings. The van der Waals surface area contributed by atoms with E-state index < -0.39 is 0 Å². The Hall–Kier alpha value is -1.04. The van der Waals surface area contributed by atoms with E-state index in [4.69, 9.17) is 5.73 Å². The smallest absolute Gasteiger partial charge is 0.0397 e. The van der Waals surface area contributed by atoms with Gasteiger partial charge in [0.25, 0.3) is 0 Å². The van der Waals surface area contributed by atoms with Crippen LogP contribution in [0.5, 0.6) is 0 Å². The molecular weight excluding hydrogens is 379 g/mol. The molecule has 2 heterocycles. The third kappa shape index (κ3) is 7.00. The Balaban J connectivity index is 0.00000192. The van der Waals surface area contributed by atoms with Gasteiger partial charge in [-0.2, -0.15) is 0 Å². The number of aromatic nitrogens is 1. The minimum Gasteiger partial charge on any atom is -0.369 e. The maximum absolute atomic E-state index is 5.63. The van der Waals surface area contributed by atoms with Crippen molar-refractivity contribution in [1.29, 1.82) is 0 Å². The van der Waals surface area contributed by atoms with Crippen molar-refractivity contribution in [2.75, 3.05) is 37.6 Å². The summed E-state index contributed by atoms with van der Waals surface area (Å²) in [6.07, 6.45) is 4.85. The van der Waals surface area contributed by atoms with Crippen LogP contribution in [0.25, 0.3) is 0 Å². The molecule has 1 aromatic heterocycles. The maximum atomic E-state index is 5.63. The number of nitrogens with zero attached hydrogens (tertiary/aromatic N) is 3. The van der Waals surface area contributed by atoms with Gasteiger partial charge in [-0.15, -0.1) is 37.2 Å². The summed E-state index contributed by atoms with van der Waals surface area (Å²) in [6, 6.07) is 12.9. The highest BCUT2D eigenvalue weighted by atomic mass is 35.5. The Labute approximate surface area is 169 Å². The van der Waals surface area contributed by atoms with Crippen molar-refractivity contribution in [3.8, 4) is 0 Å². The van der Waals surface area contributed by atoms with E-state index in [0.717, 1.165) is 39.1 Å². The Bertz CT molecular complexity index is 573. The summed E-state index contributed by atoms with van der Waals surface area (Å²) >= 11 is 0. The van der Waals surface area contributed by atoms with Crippen LogP contribution in [0.3, 0.4) is 0 Å². The fraction of sp³-hybridized carbons (Fsp3) is 0.389. The van der Waals surface area contributed by atoms with Crippen LogP contribution in [0.2, 0.25) is 0 Å². The molecule has 7 heteroatoms. The number of halogens is 3. The predicted molar refractivity (Wildman–Crippen MR) is 113 cm³/mol. The number of pyridine rings is 1. The lowest BCUT2D eigenvalue weighted by molar-refractivity contribution is 0.261. The molecule has 0 spiro atoms. The molecule has 0 unspecified atom stereocenters. The fourth-order valence-electron chi connectivity index (χ4n) is 2.91. The van der Waals surface area contributed by atoms with Gasteiger partial charge in [0.15, 0.2) is 0 Å². The van der Waals surface area contributed by atoms with Gasteiger partial charge < -0.3 is 10.6 Å². The van der Waals surface area contributed by atoms with Gasteiger partial charge in [-0.05, 0) is 29.7 Å². The van der Waals surface area contributed by atoms with E-state index in [1.54, 1.807) is 0 Å². The zero-order valence-corrected chi connectivity index (χ0v) is 16.7. The largest absolute Gasteiger partial charge is 0.369 e. The van der Waals surface area contributed by atoms with Crippen LogP contribution in [0.1, 0.15) is 11.1 Å². The van der Waals surface area contributed by atoms with Gasteiger partial charge >= 0.3 is 0 Å². The lowest BCUT2D eigenvalue weighted by Crippen LogP contribution is -2.47. The van der Waals surface area contributed by atoms with Crippen LogP contribution in [-0.2, 0) is 13.0 Å². The van der Waals surface area contributed by atoms with Crippen molar-refractivity contribution in [1.82, 2.24) is 9.88 Å². The molecule has 2 N–H and O–H groups in total. The summed E-state index contributed by atoms with van der Waals surface area (Å²) in [5, 5.41) is 0. The Kier molecular flexibility index (Phi) is 11.8. The molecule has 1 saturated heterocycles. The van der Waals surface area contributed by atoms with Crippen molar-refractivity contribution in [3.05, 3.63) is 59.9 Å². The van der Waals surface area contributed by atoms with Crippen molar-refractivity contribution >= 4 is 42.9 Å². The highest BCUT2D eigenvalue weighted by Gasteiger charge is 2.16. The quantitative estimate of drug-likeness (QED) is 0.830. The molecule has 3 rings (SSSR count). The minimum absolute atomic E-state index is 0. The van der Waals surface area contributed by atoms with Gasteiger partial charge in [-0.25, -0.2) is 0 Å². The van der Waals surface area contributed by atoms with Crippen LogP contribution in [0.15, 0.2) is 48.8 Å². The summed E-state index contributed by atoms with van der Waals surface area (Å²) in [7, 11) is 0. The van der Waals surface area contributed by atoms with Gasteiger partial charge in [0.05, 0.1) is 0 Å². The van der Waals surface area contributed by atoms with Crippen molar-refractivity contribution < 1.29 is 0 Å². The minimum atomic E-state index is 0. The normalized spacial score (nSPS) is 14.0. The van der Waals surface area contributed by atoms with Crippen LogP contribution in [0.4, 0.5) is 5.69 Å². The molecule has 0 saturated carbocycles. The standard InChI is InChI=1S/C18H24N4.3ClH/c19-15-17-3-1-16(2-4-17)7-10-21-11-13-22(14-12-21)18-5-8-20-9-6-18;;;/h1-6,8-9H,7,10-15,19H2;3*1H. The molecule has 1 aromatic carbocycles. The Morgan fingerprint density at radius 2 is 1.36 bits per heavy atom. The Morgan fingerprint density at radius 3 is 1.92 bits per heavy atom. The molecule has 0 aliphatic carbocycles. The second-order valence-electron chi connectivity index (χ2n) is 5.80. The highest BCUT2D eigenvalue weighted by molar-refractivity contribution is 5.86. The van der Waals surface area contributed by atoms with E-state index in [2.05, 4.69) is 51.2 Å². The highest BCUT2D eigenvalue weighted by Crippen LogP contribution is 2.15. The molecule has 2 aromatic rings. The summed E-state index contributed by atoms with van der Waals surface area (Å²) in [4.78, 5) is 9.07. The summed E-state index contributed by atoms with van der Waals surface area (Å²) in [6.45, 7) is 6.20. The van der Waals surface area contributed by atoms with Crippen LogP contribution in [-0.4, -0.2) is 42.6 Å². The lowest BCUT2D eigenvalue weighted by Gasteiger charge is -2.36. The molecule has 0 radical (unpaired) electrons. The fourth-order valence-corrected chi connectivity index (χ4v) is 2.91. The van der Waals surface area contributed by atoms with E-state index in [0.29, 0.717) is 6.54 Å². The average Bonchev–Trinajstić information content (AvgIpc) is 2.61. The number of anilines is 1. The zero-order chi connectivity index (χ0) is 15.2. The molecule has 25 heavy (non-hydrogen) atoms. The first-order valence-electron chi connectivity index (χ1n) is 8.00. The molecule has 0 amide bonds. The first kappa shape index (κ1) is 24.0. The molecule has 1 aliphatic rings. The van der Waals surface area contributed by atoms with Crippen LogP contribution >= 0.6 is 37.2 Å². The van der Waals surface area contributed by atoms with Crippen molar-refractivity contribution in [3.63, 3.8) is 0 Å². The molecular formula is C18H27Cl3N4. The first-order chi connectivity index (χ1) is 10.8. The maximum Gasteiger partial charge on any atom is 0.0397 e. The molecule has 4 nitrogen and oxygen atoms in total. The molecule has 140 valence electrons. The number of hydrogen-bond donors (Lipinski definition) is 1. The average molecular weight is 406 g/mol. The summed E-state index contributed by atoms with van der Waals surface area (Å²) in [5.41, 5.74) is 9.52. The number of piperazine rings is 1. The first-order valence-corrected chi connectivity index (χ1v) is 8.00. The zero-order valence-electron chi connectivity index (χ0n) is 14.2. The van der Waals surface area contributed by atoms with E-state index in [1.807, 2.05) is 12.4 Å². The van der Waals surface area contributed by atoms with Crippen LogP contribution < -0.4 is 10.6 Å². The topological polar surface area (TPSA) is 45.4 Å². The van der Waals surface area contributed by atoms with Crippen molar-refractivity contribution in [2.45, 2.75) is 13.0 Å². The number of benzene rings is 1. The SMILES string of the molecule is Cl.Cl.Cl.NCc1ccc(CCN2CCN(c3ccncc3)CC2)cc1. The van der Waals surface area contributed by atoms with Gasteiger partial charge in [0, 0.05) is 57.3 Å². The summed E-state index contributed by atoms with van der Waals surface area (Å²) < 4.78 is 0. The monoisotopic (exact) mass is 404 g/mol. The molecule has 1 aliphatic heterocycles. The third-order valence-electron chi connectivity index (χ3n) is 4.38. The van der Waals surface area contributed by atoms with E-state index >= 15 is 0 Å². The molecule has 0 bridgehead atoms. The molecule has 0 atom stereocenters. The third-order valence-corrected chi connectivity index (χ3v) is 4.38. The Morgan fingerprint density at radius 1 is 0.800 bits per heavy atom. The van der Waals surface area contributed by atoms with Gasteiger partial charge in [0.2, 0.25) is 0 Å². The van der Waals surface area contributed by atoms with E-state index in [9.17, 15) is 0 Å². The lowest BCUT2D eigenvalue weighted by atomic mass is 10.1. The number of hydrogen-bond acceptors (Lipinski definition) is 4. The van der Waals surface area contributed by atoms with E-state index in [-0.39, 0.29) is 37.2 Å². The summed E-state index contributed by atoms with van der Waals surface area (Å²) in [5.74, 6) is 0.